The first-order valence-electron chi connectivity index (χ1n) is 8.63. The highest BCUT2D eigenvalue weighted by molar-refractivity contribution is 6.00. The summed E-state index contributed by atoms with van der Waals surface area (Å²) in [5.41, 5.74) is 0.758. The van der Waals surface area contributed by atoms with Crippen molar-refractivity contribution < 1.29 is 14.3 Å². The van der Waals surface area contributed by atoms with Gasteiger partial charge in [0.25, 0.3) is 0 Å². The molecule has 1 aliphatic carbocycles. The van der Waals surface area contributed by atoms with E-state index in [4.69, 9.17) is 4.74 Å². The Kier molecular flexibility index (Phi) is 5.13. The van der Waals surface area contributed by atoms with Crippen molar-refractivity contribution in [1.82, 2.24) is 9.38 Å². The van der Waals surface area contributed by atoms with Crippen LogP contribution in [0.4, 0.5) is 5.82 Å². The maximum Gasteiger partial charge on any atom is 0.360 e. The third kappa shape index (κ3) is 3.58. The number of nitrogens with zero attached hydrogens (tertiary/aromatic N) is 2. The van der Waals surface area contributed by atoms with Crippen molar-refractivity contribution >= 4 is 23.3 Å². The summed E-state index contributed by atoms with van der Waals surface area (Å²) in [4.78, 5) is 28.9. The van der Waals surface area contributed by atoms with Crippen molar-refractivity contribution in [3.05, 3.63) is 30.1 Å². The van der Waals surface area contributed by atoms with Gasteiger partial charge in [-0.3, -0.25) is 9.20 Å². The van der Waals surface area contributed by atoms with Gasteiger partial charge in [-0.1, -0.05) is 25.3 Å². The van der Waals surface area contributed by atoms with Gasteiger partial charge in [0.1, 0.15) is 5.65 Å². The SMILES string of the molecule is CCOC(=O)c1nc2ccccn2c1NC(=O)CC1CCCCC1. The fourth-order valence-electron chi connectivity index (χ4n) is 3.29. The maximum absolute atomic E-state index is 12.5. The highest BCUT2D eigenvalue weighted by atomic mass is 16.5. The first kappa shape index (κ1) is 16.5. The van der Waals surface area contributed by atoms with Gasteiger partial charge in [0, 0.05) is 12.6 Å². The monoisotopic (exact) mass is 329 g/mol. The molecule has 0 aromatic carbocycles. The van der Waals surface area contributed by atoms with Gasteiger partial charge >= 0.3 is 5.97 Å². The number of carbonyl (C=O) groups excluding carboxylic acids is 2. The average Bonchev–Trinajstić information content (AvgIpc) is 2.95. The number of ether oxygens (including phenoxy) is 1. The van der Waals surface area contributed by atoms with Crippen LogP contribution < -0.4 is 5.32 Å². The molecule has 2 aromatic rings. The van der Waals surface area contributed by atoms with Gasteiger partial charge in [-0.05, 0) is 37.8 Å². The predicted molar refractivity (Wildman–Crippen MR) is 91.0 cm³/mol. The van der Waals surface area contributed by atoms with Crippen molar-refractivity contribution in [2.75, 3.05) is 11.9 Å². The third-order valence-corrected chi connectivity index (χ3v) is 4.46. The molecule has 1 fully saturated rings. The molecule has 2 heterocycles. The van der Waals surface area contributed by atoms with E-state index in [9.17, 15) is 9.59 Å². The van der Waals surface area contributed by atoms with Crippen LogP contribution in [0.1, 0.15) is 55.9 Å². The number of hydrogen-bond donors (Lipinski definition) is 1. The number of carbonyl (C=O) groups is 2. The van der Waals surface area contributed by atoms with Crippen LogP contribution in [-0.4, -0.2) is 27.9 Å². The lowest BCUT2D eigenvalue weighted by Gasteiger charge is -2.20. The average molecular weight is 329 g/mol. The highest BCUT2D eigenvalue weighted by Crippen LogP contribution is 2.27. The zero-order valence-corrected chi connectivity index (χ0v) is 14.0. The van der Waals surface area contributed by atoms with E-state index in [1.165, 1.54) is 19.3 Å². The van der Waals surface area contributed by atoms with E-state index in [-0.39, 0.29) is 18.2 Å². The van der Waals surface area contributed by atoms with E-state index in [2.05, 4.69) is 10.3 Å². The lowest BCUT2D eigenvalue weighted by molar-refractivity contribution is -0.117. The number of anilines is 1. The van der Waals surface area contributed by atoms with Crippen LogP contribution in [-0.2, 0) is 9.53 Å². The van der Waals surface area contributed by atoms with Crippen LogP contribution in [0.25, 0.3) is 5.65 Å². The molecule has 128 valence electrons. The van der Waals surface area contributed by atoms with E-state index in [0.29, 0.717) is 23.8 Å². The fraction of sp³-hybridized carbons (Fsp3) is 0.500. The van der Waals surface area contributed by atoms with Crippen molar-refractivity contribution in [3.63, 3.8) is 0 Å². The second kappa shape index (κ2) is 7.47. The molecule has 3 rings (SSSR count). The Balaban J connectivity index is 1.82. The number of imidazole rings is 1. The molecule has 0 unspecified atom stereocenters. The molecule has 6 heteroatoms. The standard InChI is InChI=1S/C18H23N3O3/c1-2-24-18(23)16-17(21-11-7-6-10-14(21)19-16)20-15(22)12-13-8-4-3-5-9-13/h6-7,10-11,13H,2-5,8-9,12H2,1H3,(H,20,22). The minimum Gasteiger partial charge on any atom is -0.461 e. The molecule has 2 aromatic heterocycles. The molecular weight excluding hydrogens is 306 g/mol. The zero-order chi connectivity index (χ0) is 16.9. The summed E-state index contributed by atoms with van der Waals surface area (Å²) < 4.78 is 6.78. The molecule has 1 N–H and O–H groups in total. The lowest BCUT2D eigenvalue weighted by Crippen LogP contribution is -2.20. The molecule has 0 bridgehead atoms. The molecule has 1 saturated carbocycles. The topological polar surface area (TPSA) is 72.7 Å². The number of pyridine rings is 1. The normalized spacial score (nSPS) is 15.4. The minimum absolute atomic E-state index is 0.0712. The molecule has 0 aliphatic heterocycles. The molecule has 24 heavy (non-hydrogen) atoms. The van der Waals surface area contributed by atoms with E-state index < -0.39 is 5.97 Å². The molecule has 0 radical (unpaired) electrons. The molecular formula is C18H23N3O3. The summed E-state index contributed by atoms with van der Waals surface area (Å²) in [5.74, 6) is 0.237. The van der Waals surface area contributed by atoms with Crippen molar-refractivity contribution in [1.29, 1.82) is 0 Å². The van der Waals surface area contributed by atoms with Crippen LogP contribution in [0.15, 0.2) is 24.4 Å². The van der Waals surface area contributed by atoms with Crippen LogP contribution in [0.2, 0.25) is 0 Å². The van der Waals surface area contributed by atoms with Gasteiger partial charge in [0.2, 0.25) is 5.91 Å². The van der Waals surface area contributed by atoms with Crippen molar-refractivity contribution in [3.8, 4) is 0 Å². The van der Waals surface area contributed by atoms with Crippen molar-refractivity contribution in [2.45, 2.75) is 45.4 Å². The Labute approximate surface area is 141 Å². The first-order valence-corrected chi connectivity index (χ1v) is 8.63. The Hall–Kier alpha value is -2.37. The van der Waals surface area contributed by atoms with E-state index >= 15 is 0 Å². The minimum atomic E-state index is -0.519. The Morgan fingerprint density at radius 1 is 1.29 bits per heavy atom. The van der Waals surface area contributed by atoms with E-state index in [1.54, 1.807) is 23.6 Å². The number of nitrogens with one attached hydrogen (secondary N) is 1. The Morgan fingerprint density at radius 3 is 2.83 bits per heavy atom. The summed E-state index contributed by atoms with van der Waals surface area (Å²) in [6.07, 6.45) is 8.13. The quantitative estimate of drug-likeness (QED) is 0.853. The number of rotatable bonds is 5. The Morgan fingerprint density at radius 2 is 2.08 bits per heavy atom. The molecule has 6 nitrogen and oxygen atoms in total. The number of hydrogen-bond acceptors (Lipinski definition) is 4. The summed E-state index contributed by atoms with van der Waals surface area (Å²) >= 11 is 0. The van der Waals surface area contributed by atoms with E-state index in [0.717, 1.165) is 12.8 Å². The molecule has 1 aliphatic rings. The number of fused-ring (bicyclic) bond motifs is 1. The molecule has 1 amide bonds. The Bertz CT molecular complexity index is 732. The lowest BCUT2D eigenvalue weighted by atomic mass is 9.87. The largest absolute Gasteiger partial charge is 0.461 e. The summed E-state index contributed by atoms with van der Waals surface area (Å²) in [7, 11) is 0. The molecule has 0 spiro atoms. The van der Waals surface area contributed by atoms with Crippen LogP contribution in [0, 0.1) is 5.92 Å². The van der Waals surface area contributed by atoms with Gasteiger partial charge in [-0.15, -0.1) is 0 Å². The number of aromatic nitrogens is 2. The van der Waals surface area contributed by atoms with Gasteiger partial charge in [-0.2, -0.15) is 0 Å². The fourth-order valence-corrected chi connectivity index (χ4v) is 3.29. The van der Waals surface area contributed by atoms with Crippen LogP contribution in [0.5, 0.6) is 0 Å². The third-order valence-electron chi connectivity index (χ3n) is 4.46. The predicted octanol–water partition coefficient (Wildman–Crippen LogP) is 3.42. The van der Waals surface area contributed by atoms with Gasteiger partial charge in [0.15, 0.2) is 11.5 Å². The zero-order valence-electron chi connectivity index (χ0n) is 14.0. The van der Waals surface area contributed by atoms with E-state index in [1.807, 2.05) is 12.1 Å². The smallest absolute Gasteiger partial charge is 0.360 e. The number of amides is 1. The second-order valence-electron chi connectivity index (χ2n) is 6.21. The molecule has 0 atom stereocenters. The van der Waals surface area contributed by atoms with Crippen LogP contribution >= 0.6 is 0 Å². The summed E-state index contributed by atoms with van der Waals surface area (Å²) in [6, 6.07) is 5.46. The highest BCUT2D eigenvalue weighted by Gasteiger charge is 2.23. The number of esters is 1. The maximum atomic E-state index is 12.5. The summed E-state index contributed by atoms with van der Waals surface area (Å²) in [5, 5.41) is 2.88. The first-order chi connectivity index (χ1) is 11.7. The van der Waals surface area contributed by atoms with Crippen LogP contribution in [0.3, 0.4) is 0 Å². The van der Waals surface area contributed by atoms with Crippen molar-refractivity contribution in [2.24, 2.45) is 5.92 Å². The van der Waals surface area contributed by atoms with Gasteiger partial charge in [-0.25, -0.2) is 9.78 Å². The molecule has 0 saturated heterocycles. The summed E-state index contributed by atoms with van der Waals surface area (Å²) in [6.45, 7) is 2.01. The van der Waals surface area contributed by atoms with Gasteiger partial charge in [0.05, 0.1) is 6.61 Å². The second-order valence-corrected chi connectivity index (χ2v) is 6.21. The van der Waals surface area contributed by atoms with Gasteiger partial charge < -0.3 is 10.1 Å².